The monoisotopic (exact) mass is 493 g/mol. The predicted octanol–water partition coefficient (Wildman–Crippen LogP) is 6.48. The number of hydrogen-bond donors (Lipinski definition) is 2. The number of ether oxygens (including phenoxy) is 2. The molecule has 0 amide bonds. The van der Waals surface area contributed by atoms with Gasteiger partial charge in [0.1, 0.15) is 17.2 Å². The summed E-state index contributed by atoms with van der Waals surface area (Å²) in [7, 11) is 3.31. The van der Waals surface area contributed by atoms with Crippen LogP contribution in [-0.2, 0) is 6.54 Å². The molecule has 4 rings (SSSR count). The van der Waals surface area contributed by atoms with Gasteiger partial charge >= 0.3 is 0 Å². The van der Waals surface area contributed by atoms with Crippen molar-refractivity contribution in [2.75, 3.05) is 39.2 Å². The molecule has 0 saturated carbocycles. The smallest absolute Gasteiger partial charge is 0.120 e. The van der Waals surface area contributed by atoms with Crippen molar-refractivity contribution in [2.24, 2.45) is 0 Å². The molecule has 6 nitrogen and oxygen atoms in total. The lowest BCUT2D eigenvalue weighted by molar-refractivity contribution is 0.261. The average molecular weight is 494 g/mol. The van der Waals surface area contributed by atoms with Crippen LogP contribution in [0.25, 0.3) is 21.8 Å². The van der Waals surface area contributed by atoms with E-state index in [1.54, 1.807) is 26.4 Å². The quantitative estimate of drug-likeness (QED) is 0.184. The fourth-order valence-corrected chi connectivity index (χ4v) is 4.54. The molecule has 3 aromatic carbocycles. The third kappa shape index (κ3) is 5.89. The molecule has 2 N–H and O–H groups in total. The van der Waals surface area contributed by atoms with Crippen LogP contribution >= 0.6 is 11.6 Å². The maximum atomic E-state index is 10.3. The summed E-state index contributed by atoms with van der Waals surface area (Å²) in [6.45, 7) is 5.48. The molecule has 0 fully saturated rings. The van der Waals surface area contributed by atoms with Crippen molar-refractivity contribution in [1.29, 1.82) is 0 Å². The number of benzene rings is 3. The van der Waals surface area contributed by atoms with Gasteiger partial charge in [0.25, 0.3) is 0 Å². The van der Waals surface area contributed by atoms with Gasteiger partial charge in [0, 0.05) is 41.0 Å². The highest BCUT2D eigenvalue weighted by molar-refractivity contribution is 6.31. The minimum atomic E-state index is 0.298. The van der Waals surface area contributed by atoms with Gasteiger partial charge in [0.2, 0.25) is 0 Å². The number of nitrogens with zero attached hydrogens (tertiary/aromatic N) is 2. The van der Waals surface area contributed by atoms with E-state index in [-0.39, 0.29) is 0 Å². The van der Waals surface area contributed by atoms with E-state index in [0.717, 1.165) is 77.0 Å². The molecule has 0 aliphatic carbocycles. The highest BCUT2D eigenvalue weighted by Crippen LogP contribution is 2.34. The molecule has 0 atom stereocenters. The second-order valence-corrected chi connectivity index (χ2v) is 9.02. The van der Waals surface area contributed by atoms with Crippen molar-refractivity contribution in [3.05, 3.63) is 65.2 Å². The van der Waals surface area contributed by atoms with Crippen LogP contribution in [0.4, 0.5) is 5.69 Å². The molecular weight excluding hydrogens is 462 g/mol. The number of hydrogen-bond acceptors (Lipinski definition) is 6. The van der Waals surface area contributed by atoms with E-state index in [1.807, 2.05) is 42.5 Å². The van der Waals surface area contributed by atoms with Gasteiger partial charge in [-0.1, -0.05) is 18.5 Å². The third-order valence-electron chi connectivity index (χ3n) is 6.12. The molecule has 0 saturated heterocycles. The normalized spacial score (nSPS) is 11.3. The molecule has 0 bridgehead atoms. The van der Waals surface area contributed by atoms with Crippen molar-refractivity contribution in [3.8, 4) is 17.2 Å². The molecule has 0 radical (unpaired) electrons. The first kappa shape index (κ1) is 24.9. The van der Waals surface area contributed by atoms with Crippen LogP contribution in [0.2, 0.25) is 5.02 Å². The van der Waals surface area contributed by atoms with Gasteiger partial charge in [-0.25, -0.2) is 4.98 Å². The summed E-state index contributed by atoms with van der Waals surface area (Å²) in [5.74, 6) is 1.85. The molecule has 7 heteroatoms. The zero-order chi connectivity index (χ0) is 24.8. The van der Waals surface area contributed by atoms with Crippen molar-refractivity contribution in [2.45, 2.75) is 26.3 Å². The van der Waals surface area contributed by atoms with Gasteiger partial charge in [-0.05, 0) is 74.0 Å². The summed E-state index contributed by atoms with van der Waals surface area (Å²) in [6, 6.07) is 17.1. The summed E-state index contributed by atoms with van der Waals surface area (Å²) < 4.78 is 10.8. The Kier molecular flexibility index (Phi) is 8.16. The van der Waals surface area contributed by atoms with Crippen LogP contribution in [0, 0.1) is 0 Å². The fourth-order valence-electron chi connectivity index (χ4n) is 4.37. The third-order valence-corrected chi connectivity index (χ3v) is 6.35. The highest BCUT2D eigenvalue weighted by atomic mass is 35.5. The predicted molar refractivity (Wildman–Crippen MR) is 144 cm³/mol. The summed E-state index contributed by atoms with van der Waals surface area (Å²) in [5, 5.41) is 16.7. The summed E-state index contributed by atoms with van der Waals surface area (Å²) >= 11 is 6.25. The van der Waals surface area contributed by atoms with Gasteiger partial charge in [-0.2, -0.15) is 0 Å². The first-order valence-electron chi connectivity index (χ1n) is 11.9. The minimum absolute atomic E-state index is 0.298. The lowest BCUT2D eigenvalue weighted by Gasteiger charge is -2.23. The SMILES string of the molecule is CCCN(CCCNc1c2ccc(Cl)cc2nc2ccc(OC)cc12)Cc1cc(OC)ccc1O. The van der Waals surface area contributed by atoms with Crippen LogP contribution in [0.5, 0.6) is 17.2 Å². The minimum Gasteiger partial charge on any atom is -0.508 e. The number of halogens is 1. The first-order valence-corrected chi connectivity index (χ1v) is 12.3. The lowest BCUT2D eigenvalue weighted by Crippen LogP contribution is -2.26. The van der Waals surface area contributed by atoms with Gasteiger partial charge in [0.05, 0.1) is 30.9 Å². The topological polar surface area (TPSA) is 66.9 Å². The Morgan fingerprint density at radius 2 is 1.69 bits per heavy atom. The van der Waals surface area contributed by atoms with E-state index in [1.165, 1.54) is 0 Å². The second-order valence-electron chi connectivity index (χ2n) is 8.58. The van der Waals surface area contributed by atoms with Gasteiger partial charge in [-0.15, -0.1) is 0 Å². The number of rotatable bonds is 11. The number of aromatic hydroxyl groups is 1. The van der Waals surface area contributed by atoms with E-state index in [9.17, 15) is 5.11 Å². The van der Waals surface area contributed by atoms with Gasteiger partial charge in [0.15, 0.2) is 0 Å². The standard InChI is InChI=1S/C28H32ClN3O3/c1-4-13-32(18-19-15-21(34-2)8-11-27(19)33)14-5-12-30-28-23-9-6-20(29)16-26(23)31-25-10-7-22(35-3)17-24(25)28/h6-11,15-17,33H,4-5,12-14,18H2,1-3H3,(H,30,31). The molecule has 4 aromatic rings. The maximum Gasteiger partial charge on any atom is 0.120 e. The van der Waals surface area contributed by atoms with Gasteiger partial charge in [-0.3, -0.25) is 4.90 Å². The zero-order valence-corrected chi connectivity index (χ0v) is 21.2. The van der Waals surface area contributed by atoms with Crippen LogP contribution in [-0.4, -0.2) is 48.8 Å². The van der Waals surface area contributed by atoms with Gasteiger partial charge < -0.3 is 19.9 Å². The number of nitrogens with one attached hydrogen (secondary N) is 1. The zero-order valence-electron chi connectivity index (χ0n) is 20.5. The van der Waals surface area contributed by atoms with Crippen LogP contribution in [0.15, 0.2) is 54.6 Å². The van der Waals surface area contributed by atoms with Crippen LogP contribution < -0.4 is 14.8 Å². The Morgan fingerprint density at radius 3 is 2.46 bits per heavy atom. The Morgan fingerprint density at radius 1 is 0.914 bits per heavy atom. The number of pyridine rings is 1. The molecule has 35 heavy (non-hydrogen) atoms. The number of aromatic nitrogens is 1. The largest absolute Gasteiger partial charge is 0.508 e. The molecule has 0 aliphatic rings. The molecular formula is C28H32ClN3O3. The first-order chi connectivity index (χ1) is 17.0. The summed E-state index contributed by atoms with van der Waals surface area (Å²) in [4.78, 5) is 7.17. The van der Waals surface area contributed by atoms with E-state index in [2.05, 4.69) is 17.1 Å². The van der Waals surface area contributed by atoms with Crippen LogP contribution in [0.3, 0.4) is 0 Å². The lowest BCUT2D eigenvalue weighted by atomic mass is 10.1. The molecule has 0 spiro atoms. The van der Waals surface area contributed by atoms with Crippen molar-refractivity contribution in [3.63, 3.8) is 0 Å². The second kappa shape index (κ2) is 11.5. The average Bonchev–Trinajstić information content (AvgIpc) is 2.86. The van der Waals surface area contributed by atoms with Crippen LogP contribution in [0.1, 0.15) is 25.3 Å². The number of anilines is 1. The Balaban J connectivity index is 1.51. The number of phenolic OH excluding ortho intramolecular Hbond substituents is 1. The van der Waals surface area contributed by atoms with E-state index in [0.29, 0.717) is 17.3 Å². The Labute approximate surface area is 211 Å². The Hall–Kier alpha value is -3.22. The summed E-state index contributed by atoms with van der Waals surface area (Å²) in [5.41, 5.74) is 3.66. The van der Waals surface area contributed by atoms with Crippen molar-refractivity contribution >= 4 is 39.1 Å². The van der Waals surface area contributed by atoms with Crippen molar-refractivity contribution < 1.29 is 14.6 Å². The molecule has 1 heterocycles. The number of fused-ring (bicyclic) bond motifs is 2. The molecule has 1 aromatic heterocycles. The number of methoxy groups -OCH3 is 2. The molecule has 0 unspecified atom stereocenters. The van der Waals surface area contributed by atoms with Crippen molar-refractivity contribution in [1.82, 2.24) is 9.88 Å². The summed E-state index contributed by atoms with van der Waals surface area (Å²) in [6.07, 6.45) is 1.98. The van der Waals surface area contributed by atoms with E-state index >= 15 is 0 Å². The Bertz CT molecular complexity index is 1310. The van der Waals surface area contributed by atoms with E-state index < -0.39 is 0 Å². The van der Waals surface area contributed by atoms with E-state index in [4.69, 9.17) is 26.1 Å². The molecule has 184 valence electrons. The molecule has 0 aliphatic heterocycles. The fraction of sp³-hybridized carbons (Fsp3) is 0.321. The highest BCUT2D eigenvalue weighted by Gasteiger charge is 2.13. The number of phenols is 1. The maximum absolute atomic E-state index is 10.3.